The summed E-state index contributed by atoms with van der Waals surface area (Å²) >= 11 is 0. The lowest BCUT2D eigenvalue weighted by Gasteiger charge is -2.14. The van der Waals surface area contributed by atoms with E-state index in [-0.39, 0.29) is 5.41 Å². The lowest BCUT2D eigenvalue weighted by atomic mass is 9.89. The molecule has 0 bridgehead atoms. The molecular formula is C9H13FO. The third kappa shape index (κ3) is 1.62. The van der Waals surface area contributed by atoms with Crippen LogP contribution >= 0.6 is 0 Å². The van der Waals surface area contributed by atoms with Gasteiger partial charge in [-0.1, -0.05) is 20.8 Å². The van der Waals surface area contributed by atoms with Crippen molar-refractivity contribution in [3.63, 3.8) is 0 Å². The Hall–Kier alpha value is -0.790. The minimum Gasteiger partial charge on any atom is -0.436 e. The first-order valence-corrected chi connectivity index (χ1v) is 3.67. The van der Waals surface area contributed by atoms with Gasteiger partial charge >= 0.3 is 0 Å². The van der Waals surface area contributed by atoms with E-state index in [0.717, 1.165) is 0 Å². The molecule has 0 fully saturated rings. The number of halogens is 1. The van der Waals surface area contributed by atoms with E-state index in [1.807, 2.05) is 20.8 Å². The topological polar surface area (TPSA) is 13.1 Å². The number of aryl methyl sites for hydroxylation is 1. The van der Waals surface area contributed by atoms with Crippen LogP contribution in [0.3, 0.4) is 0 Å². The van der Waals surface area contributed by atoms with Crippen molar-refractivity contribution in [3.8, 4) is 0 Å². The minimum atomic E-state index is -0.449. The fraction of sp³-hybridized carbons (Fsp3) is 0.556. The molecule has 1 nitrogen and oxygen atoms in total. The molecule has 0 atom stereocenters. The van der Waals surface area contributed by atoms with Crippen LogP contribution in [0, 0.1) is 12.9 Å². The third-order valence-electron chi connectivity index (χ3n) is 1.62. The van der Waals surface area contributed by atoms with Crippen molar-refractivity contribution in [1.82, 2.24) is 0 Å². The van der Waals surface area contributed by atoms with Crippen molar-refractivity contribution >= 4 is 0 Å². The second-order valence-electron chi connectivity index (χ2n) is 3.79. The van der Waals surface area contributed by atoms with Crippen LogP contribution in [0.25, 0.3) is 0 Å². The van der Waals surface area contributed by atoms with E-state index < -0.39 is 6.01 Å². The average Bonchev–Trinajstić information content (AvgIpc) is 2.08. The standard InChI is InChI=1S/C9H13FO/c1-6-5-7(8(10)11-6)9(2,3)4/h5H,1-4H3. The maximum Gasteiger partial charge on any atom is 0.281 e. The summed E-state index contributed by atoms with van der Waals surface area (Å²) in [5, 5.41) is 0. The molecule has 0 aliphatic rings. The van der Waals surface area contributed by atoms with Gasteiger partial charge in [0.25, 0.3) is 6.01 Å². The second-order valence-corrected chi connectivity index (χ2v) is 3.79. The summed E-state index contributed by atoms with van der Waals surface area (Å²) in [6.07, 6.45) is 0. The highest BCUT2D eigenvalue weighted by Crippen LogP contribution is 2.27. The SMILES string of the molecule is Cc1cc(C(C)(C)C)c(F)o1. The van der Waals surface area contributed by atoms with Crippen LogP contribution in [0.1, 0.15) is 32.1 Å². The molecule has 11 heavy (non-hydrogen) atoms. The molecule has 1 aromatic rings. The minimum absolute atomic E-state index is 0.165. The summed E-state index contributed by atoms with van der Waals surface area (Å²) in [7, 11) is 0. The fourth-order valence-electron chi connectivity index (χ4n) is 0.997. The van der Waals surface area contributed by atoms with Crippen molar-refractivity contribution in [1.29, 1.82) is 0 Å². The zero-order valence-electron chi connectivity index (χ0n) is 7.36. The highest BCUT2D eigenvalue weighted by atomic mass is 19.1. The van der Waals surface area contributed by atoms with Crippen molar-refractivity contribution < 1.29 is 8.81 Å². The summed E-state index contributed by atoms with van der Waals surface area (Å²) in [4.78, 5) is 0. The van der Waals surface area contributed by atoms with Gasteiger partial charge in [0.15, 0.2) is 0 Å². The Morgan fingerprint density at radius 1 is 1.36 bits per heavy atom. The molecule has 1 rings (SSSR count). The van der Waals surface area contributed by atoms with Gasteiger partial charge in [0.2, 0.25) is 0 Å². The molecule has 0 aromatic carbocycles. The molecule has 0 aliphatic carbocycles. The number of hydrogen-bond donors (Lipinski definition) is 0. The predicted octanol–water partition coefficient (Wildman–Crippen LogP) is 3.02. The zero-order chi connectivity index (χ0) is 8.65. The Bertz CT molecular complexity index is 255. The van der Waals surface area contributed by atoms with E-state index in [4.69, 9.17) is 4.42 Å². The van der Waals surface area contributed by atoms with Gasteiger partial charge in [-0.25, -0.2) is 0 Å². The van der Waals surface area contributed by atoms with E-state index >= 15 is 0 Å². The maximum atomic E-state index is 12.9. The van der Waals surface area contributed by atoms with Crippen molar-refractivity contribution in [2.75, 3.05) is 0 Å². The summed E-state index contributed by atoms with van der Waals surface area (Å²) in [5.74, 6) is 0.632. The molecule has 0 aliphatic heterocycles. The molecule has 0 saturated heterocycles. The van der Waals surface area contributed by atoms with E-state index in [1.54, 1.807) is 13.0 Å². The predicted molar refractivity (Wildman–Crippen MR) is 42.1 cm³/mol. The van der Waals surface area contributed by atoms with Crippen LogP contribution in [0.15, 0.2) is 10.5 Å². The van der Waals surface area contributed by atoms with E-state index in [9.17, 15) is 4.39 Å². The van der Waals surface area contributed by atoms with Crippen LogP contribution in [0.5, 0.6) is 0 Å². The van der Waals surface area contributed by atoms with Crippen molar-refractivity contribution in [3.05, 3.63) is 23.4 Å². The molecule has 0 N–H and O–H groups in total. The Balaban J connectivity index is 3.13. The quantitative estimate of drug-likeness (QED) is 0.562. The molecular weight excluding hydrogens is 143 g/mol. The van der Waals surface area contributed by atoms with Crippen LogP contribution in [0.4, 0.5) is 4.39 Å². The zero-order valence-corrected chi connectivity index (χ0v) is 7.36. The lowest BCUT2D eigenvalue weighted by Crippen LogP contribution is -2.11. The Kier molecular flexibility index (Phi) is 1.78. The van der Waals surface area contributed by atoms with E-state index in [0.29, 0.717) is 11.3 Å². The van der Waals surface area contributed by atoms with E-state index in [1.165, 1.54) is 0 Å². The van der Waals surface area contributed by atoms with Crippen molar-refractivity contribution in [2.45, 2.75) is 33.1 Å². The Labute approximate surface area is 66.2 Å². The van der Waals surface area contributed by atoms with Gasteiger partial charge in [-0.15, -0.1) is 0 Å². The lowest BCUT2D eigenvalue weighted by molar-refractivity contribution is 0.329. The van der Waals surface area contributed by atoms with E-state index in [2.05, 4.69) is 0 Å². The molecule has 0 unspecified atom stereocenters. The maximum absolute atomic E-state index is 12.9. The van der Waals surface area contributed by atoms with Gasteiger partial charge in [0.05, 0.1) is 0 Å². The highest BCUT2D eigenvalue weighted by Gasteiger charge is 2.21. The summed E-state index contributed by atoms with van der Waals surface area (Å²) in [6.45, 7) is 7.62. The van der Waals surface area contributed by atoms with Gasteiger partial charge in [-0.05, 0) is 18.4 Å². The monoisotopic (exact) mass is 156 g/mol. The molecule has 0 spiro atoms. The van der Waals surface area contributed by atoms with Gasteiger partial charge in [-0.3, -0.25) is 0 Å². The molecule has 0 saturated carbocycles. The molecule has 0 radical (unpaired) electrons. The largest absolute Gasteiger partial charge is 0.436 e. The highest BCUT2D eigenvalue weighted by molar-refractivity contribution is 5.21. The second kappa shape index (κ2) is 2.36. The molecule has 62 valence electrons. The summed E-state index contributed by atoms with van der Waals surface area (Å²) in [5.41, 5.74) is 0.483. The Morgan fingerprint density at radius 2 is 1.91 bits per heavy atom. The van der Waals surface area contributed by atoms with Crippen LogP contribution < -0.4 is 0 Å². The summed E-state index contributed by atoms with van der Waals surface area (Å²) in [6, 6.07) is 1.30. The first-order chi connectivity index (χ1) is 4.91. The van der Waals surface area contributed by atoms with Gasteiger partial charge in [0.1, 0.15) is 5.76 Å². The first-order valence-electron chi connectivity index (χ1n) is 3.67. The van der Waals surface area contributed by atoms with Gasteiger partial charge in [-0.2, -0.15) is 4.39 Å². The number of hydrogen-bond acceptors (Lipinski definition) is 1. The normalized spacial score (nSPS) is 12.1. The number of furan rings is 1. The van der Waals surface area contributed by atoms with Gasteiger partial charge in [0, 0.05) is 5.56 Å². The third-order valence-corrected chi connectivity index (χ3v) is 1.62. The molecule has 1 aromatic heterocycles. The molecule has 1 heterocycles. The molecule has 0 amide bonds. The smallest absolute Gasteiger partial charge is 0.281 e. The Morgan fingerprint density at radius 3 is 2.09 bits per heavy atom. The first kappa shape index (κ1) is 8.31. The molecule has 2 heteroatoms. The van der Waals surface area contributed by atoms with Gasteiger partial charge < -0.3 is 4.42 Å². The van der Waals surface area contributed by atoms with Crippen LogP contribution in [-0.2, 0) is 5.41 Å². The average molecular weight is 156 g/mol. The summed E-state index contributed by atoms with van der Waals surface area (Å²) < 4.78 is 17.7. The van der Waals surface area contributed by atoms with Crippen molar-refractivity contribution in [2.24, 2.45) is 0 Å². The number of rotatable bonds is 0. The van der Waals surface area contributed by atoms with Crippen LogP contribution in [-0.4, -0.2) is 0 Å². The van der Waals surface area contributed by atoms with Crippen LogP contribution in [0.2, 0.25) is 0 Å². The fourth-order valence-corrected chi connectivity index (χ4v) is 0.997.